The second kappa shape index (κ2) is 8.76. The van der Waals surface area contributed by atoms with Gasteiger partial charge in [0, 0.05) is 36.3 Å². The number of likely N-dealkylation sites (N-methyl/N-ethyl adjacent to an activating group) is 1. The van der Waals surface area contributed by atoms with Crippen LogP contribution in [0, 0.1) is 0 Å². The van der Waals surface area contributed by atoms with E-state index in [9.17, 15) is 4.79 Å². The molecule has 1 saturated carbocycles. The summed E-state index contributed by atoms with van der Waals surface area (Å²) in [6.07, 6.45) is 8.80. The maximum Gasteiger partial charge on any atom is 0.326 e. The Bertz CT molecular complexity index is 848. The van der Waals surface area contributed by atoms with Crippen LogP contribution in [-0.4, -0.2) is 73.3 Å². The Balaban J connectivity index is 1.48. The molecule has 0 unspecified atom stereocenters. The average Bonchev–Trinajstić information content (AvgIpc) is 3.04. The quantitative estimate of drug-likeness (QED) is 0.811. The first kappa shape index (κ1) is 20.2. The lowest BCUT2D eigenvalue weighted by Crippen LogP contribution is -2.49. The van der Waals surface area contributed by atoms with E-state index in [4.69, 9.17) is 4.74 Å². The molecule has 6 nitrogen and oxygen atoms in total. The number of carbonyl (C=O) groups is 1. The number of hydrogen-bond acceptors (Lipinski definition) is 4. The molecule has 1 amide bonds. The Morgan fingerprint density at radius 3 is 2.59 bits per heavy atom. The van der Waals surface area contributed by atoms with E-state index in [0.717, 1.165) is 48.5 Å². The molecule has 1 N–H and O–H groups in total. The molecule has 0 bridgehead atoms. The van der Waals surface area contributed by atoms with Gasteiger partial charge in [-0.1, -0.05) is 0 Å². The maximum atomic E-state index is 13.2. The van der Waals surface area contributed by atoms with Gasteiger partial charge in [-0.3, -0.25) is 4.57 Å². The predicted molar refractivity (Wildman–Crippen MR) is 117 cm³/mol. The van der Waals surface area contributed by atoms with Crippen LogP contribution in [0.5, 0.6) is 5.75 Å². The lowest BCUT2D eigenvalue weighted by Gasteiger charge is -2.42. The van der Waals surface area contributed by atoms with Crippen LogP contribution in [0.4, 0.5) is 4.79 Å². The smallest absolute Gasteiger partial charge is 0.326 e. The monoisotopic (exact) mass is 398 g/mol. The standard InChI is InChI=1S/C23H34N4O2/c1-25(2)14-11-17-16-27(22-15-20(29-3)9-10-21(17)22)23(28)24-18-5-7-19(8-6-18)26-12-4-13-26/h9-10,15-16,18-19H,4-8,11-14H2,1-3H3,(H,24,28). The predicted octanol–water partition coefficient (Wildman–Crippen LogP) is 3.33. The second-order valence-electron chi connectivity index (χ2n) is 8.81. The third-order valence-corrected chi connectivity index (χ3v) is 6.57. The van der Waals surface area contributed by atoms with Crippen molar-refractivity contribution in [2.45, 2.75) is 50.6 Å². The fourth-order valence-electron chi connectivity index (χ4n) is 4.65. The molecule has 158 valence electrons. The van der Waals surface area contributed by atoms with Crippen LogP contribution in [-0.2, 0) is 6.42 Å². The molecule has 2 aromatic rings. The van der Waals surface area contributed by atoms with Crippen LogP contribution < -0.4 is 10.1 Å². The van der Waals surface area contributed by atoms with Crippen molar-refractivity contribution in [2.24, 2.45) is 0 Å². The number of fused-ring (bicyclic) bond motifs is 1. The van der Waals surface area contributed by atoms with Crippen LogP contribution in [0.1, 0.15) is 37.7 Å². The Kier molecular flexibility index (Phi) is 6.11. The first-order valence-electron chi connectivity index (χ1n) is 10.9. The van der Waals surface area contributed by atoms with Gasteiger partial charge in [0.2, 0.25) is 0 Å². The number of carbonyl (C=O) groups excluding carboxylic acids is 1. The van der Waals surface area contributed by atoms with Gasteiger partial charge in [0.15, 0.2) is 0 Å². The molecule has 1 aliphatic carbocycles. The molecule has 0 atom stereocenters. The SMILES string of the molecule is COc1ccc2c(CCN(C)C)cn(C(=O)NC3CCC(N4CCC4)CC3)c2c1. The maximum absolute atomic E-state index is 13.2. The van der Waals surface area contributed by atoms with Crippen LogP contribution >= 0.6 is 0 Å². The average molecular weight is 399 g/mol. The fourth-order valence-corrected chi connectivity index (χ4v) is 4.65. The Labute approximate surface area is 173 Å². The van der Waals surface area contributed by atoms with Crippen molar-refractivity contribution in [3.8, 4) is 5.75 Å². The molecule has 2 fully saturated rings. The minimum Gasteiger partial charge on any atom is -0.497 e. The number of likely N-dealkylation sites (tertiary alicyclic amines) is 1. The summed E-state index contributed by atoms with van der Waals surface area (Å²) in [7, 11) is 5.81. The molecule has 4 rings (SSSR count). The molecule has 1 aliphatic heterocycles. The number of nitrogens with zero attached hydrogens (tertiary/aromatic N) is 3. The number of nitrogens with one attached hydrogen (secondary N) is 1. The van der Waals surface area contributed by atoms with Gasteiger partial charge in [-0.05, 0) is 83.4 Å². The summed E-state index contributed by atoms with van der Waals surface area (Å²) < 4.78 is 7.19. The summed E-state index contributed by atoms with van der Waals surface area (Å²) in [5.74, 6) is 0.777. The largest absolute Gasteiger partial charge is 0.497 e. The van der Waals surface area contributed by atoms with Gasteiger partial charge >= 0.3 is 6.03 Å². The van der Waals surface area contributed by atoms with Crippen molar-refractivity contribution < 1.29 is 9.53 Å². The summed E-state index contributed by atoms with van der Waals surface area (Å²) >= 11 is 0. The number of benzene rings is 1. The van der Waals surface area contributed by atoms with Crippen molar-refractivity contribution in [3.05, 3.63) is 30.0 Å². The molecule has 1 aromatic heterocycles. The molecular weight excluding hydrogens is 364 g/mol. The third-order valence-electron chi connectivity index (χ3n) is 6.57. The van der Waals surface area contributed by atoms with Crippen LogP contribution in [0.3, 0.4) is 0 Å². The van der Waals surface area contributed by atoms with Crippen LogP contribution in [0.2, 0.25) is 0 Å². The first-order chi connectivity index (χ1) is 14.0. The van der Waals surface area contributed by atoms with E-state index in [1.165, 1.54) is 37.9 Å². The second-order valence-corrected chi connectivity index (χ2v) is 8.81. The summed E-state index contributed by atoms with van der Waals surface area (Å²) in [5, 5.41) is 4.42. The zero-order valence-electron chi connectivity index (χ0n) is 18.0. The Morgan fingerprint density at radius 1 is 1.21 bits per heavy atom. The van der Waals surface area contributed by atoms with E-state index in [1.54, 1.807) is 11.7 Å². The third kappa shape index (κ3) is 4.43. The van der Waals surface area contributed by atoms with Gasteiger partial charge in [0.05, 0.1) is 12.6 Å². The van der Waals surface area contributed by atoms with Crippen molar-refractivity contribution in [1.82, 2.24) is 19.7 Å². The minimum absolute atomic E-state index is 0.0215. The number of hydrogen-bond donors (Lipinski definition) is 1. The molecule has 2 aliphatic rings. The molecule has 1 saturated heterocycles. The van der Waals surface area contributed by atoms with Crippen molar-refractivity contribution in [3.63, 3.8) is 0 Å². The van der Waals surface area contributed by atoms with Crippen molar-refractivity contribution >= 4 is 16.9 Å². The highest BCUT2D eigenvalue weighted by Gasteiger charge is 2.29. The highest BCUT2D eigenvalue weighted by molar-refractivity contribution is 5.94. The van der Waals surface area contributed by atoms with E-state index in [1.807, 2.05) is 18.3 Å². The van der Waals surface area contributed by atoms with Gasteiger partial charge in [0.1, 0.15) is 5.75 Å². The van der Waals surface area contributed by atoms with Crippen molar-refractivity contribution in [2.75, 3.05) is 40.8 Å². The lowest BCUT2D eigenvalue weighted by atomic mass is 9.89. The van der Waals surface area contributed by atoms with E-state index in [0.29, 0.717) is 0 Å². The number of methoxy groups -OCH3 is 1. The van der Waals surface area contributed by atoms with Crippen molar-refractivity contribution in [1.29, 1.82) is 0 Å². The first-order valence-corrected chi connectivity index (χ1v) is 10.9. The van der Waals surface area contributed by atoms with Crippen LogP contribution in [0.25, 0.3) is 10.9 Å². The molecular formula is C23H34N4O2. The summed E-state index contributed by atoms with van der Waals surface area (Å²) in [4.78, 5) is 17.9. The minimum atomic E-state index is -0.0215. The van der Waals surface area contributed by atoms with E-state index < -0.39 is 0 Å². The van der Waals surface area contributed by atoms with Crippen LogP contribution in [0.15, 0.2) is 24.4 Å². The highest BCUT2D eigenvalue weighted by Crippen LogP contribution is 2.28. The molecule has 6 heteroatoms. The summed E-state index contributed by atoms with van der Waals surface area (Å²) in [6, 6.07) is 6.99. The fraction of sp³-hybridized carbons (Fsp3) is 0.609. The normalized spacial score (nSPS) is 22.6. The summed E-state index contributed by atoms with van der Waals surface area (Å²) in [5.41, 5.74) is 2.12. The molecule has 2 heterocycles. The Morgan fingerprint density at radius 2 is 1.97 bits per heavy atom. The zero-order chi connectivity index (χ0) is 20.4. The number of aromatic nitrogens is 1. The van der Waals surface area contributed by atoms with E-state index >= 15 is 0 Å². The summed E-state index contributed by atoms with van der Waals surface area (Å²) in [6.45, 7) is 3.47. The topological polar surface area (TPSA) is 49.7 Å². The zero-order valence-corrected chi connectivity index (χ0v) is 18.0. The molecule has 0 radical (unpaired) electrons. The van der Waals surface area contributed by atoms with E-state index in [-0.39, 0.29) is 12.1 Å². The number of amides is 1. The molecule has 0 spiro atoms. The number of rotatable bonds is 6. The van der Waals surface area contributed by atoms with Gasteiger partial charge in [-0.2, -0.15) is 0 Å². The Hall–Kier alpha value is -2.05. The molecule has 1 aromatic carbocycles. The molecule has 29 heavy (non-hydrogen) atoms. The van der Waals surface area contributed by atoms with E-state index in [2.05, 4.69) is 35.3 Å². The van der Waals surface area contributed by atoms with Gasteiger partial charge in [-0.15, -0.1) is 0 Å². The lowest BCUT2D eigenvalue weighted by molar-refractivity contribution is 0.0847. The number of ether oxygens (including phenoxy) is 1. The van der Waals surface area contributed by atoms with Gasteiger partial charge in [-0.25, -0.2) is 4.79 Å². The highest BCUT2D eigenvalue weighted by atomic mass is 16.5. The van der Waals surface area contributed by atoms with Gasteiger partial charge in [0.25, 0.3) is 0 Å². The van der Waals surface area contributed by atoms with Gasteiger partial charge < -0.3 is 19.9 Å².